The van der Waals surface area contributed by atoms with Crippen molar-refractivity contribution in [2.75, 3.05) is 37.8 Å². The number of aliphatic hydroxyl groups excluding tert-OH is 3. The van der Waals surface area contributed by atoms with Gasteiger partial charge in [-0.25, -0.2) is 28.6 Å². The number of aliphatic hydroxyl groups is 3. The van der Waals surface area contributed by atoms with Gasteiger partial charge in [-0.15, -0.1) is 0 Å². The van der Waals surface area contributed by atoms with E-state index in [9.17, 15) is 67.8 Å². The largest absolute Gasteiger partial charge is 0.508 e. The molecule has 28 nitrogen and oxygen atoms in total. The first-order valence-electron chi connectivity index (χ1n) is 17.8. The number of nitrogen functional groups attached to an aromatic ring is 1. The van der Waals surface area contributed by atoms with Crippen molar-refractivity contribution in [2.45, 2.75) is 63.4 Å². The molecule has 2 amide bonds. The number of fused-ring (bicyclic) bond motifs is 1. The summed E-state index contributed by atoms with van der Waals surface area (Å²) < 4.78 is 62.1. The summed E-state index contributed by atoms with van der Waals surface area (Å²) in [6.45, 7) is 0.0759. The lowest BCUT2D eigenvalue weighted by Crippen LogP contribution is -2.46. The third-order valence-electron chi connectivity index (χ3n) is 8.67. The monoisotopic (exact) mass is 959 g/mol. The number of nitrogens with two attached hydrogens (primary N) is 2. The van der Waals surface area contributed by atoms with Crippen LogP contribution in [0.3, 0.4) is 0 Å². The van der Waals surface area contributed by atoms with Crippen molar-refractivity contribution in [2.24, 2.45) is 11.1 Å². The van der Waals surface area contributed by atoms with Gasteiger partial charge < -0.3 is 61.7 Å². The van der Waals surface area contributed by atoms with E-state index in [-0.39, 0.29) is 65.7 Å². The molecule has 344 valence electrons. The van der Waals surface area contributed by atoms with E-state index in [0.717, 1.165) is 41.1 Å². The Kier molecular flexibility index (Phi) is 17.0. The predicted molar refractivity (Wildman–Crippen MR) is 211 cm³/mol. The molecule has 3 heterocycles. The van der Waals surface area contributed by atoms with Crippen LogP contribution in [0, 0.1) is 10.8 Å². The first kappa shape index (κ1) is 50.8. The van der Waals surface area contributed by atoms with Gasteiger partial charge in [0.15, 0.2) is 17.7 Å². The number of amides is 2. The van der Waals surface area contributed by atoms with Crippen LogP contribution in [0.2, 0.25) is 0 Å². The van der Waals surface area contributed by atoms with Gasteiger partial charge in [0.25, 0.3) is 0 Å². The number of carbonyl (C=O) groups excluding carboxylic acids is 4. The third kappa shape index (κ3) is 14.1. The van der Waals surface area contributed by atoms with Gasteiger partial charge >= 0.3 is 23.5 Å². The molecule has 1 aliphatic heterocycles. The number of ketones is 1. The van der Waals surface area contributed by atoms with Gasteiger partial charge in [-0.1, -0.05) is 25.6 Å². The Morgan fingerprint density at radius 2 is 1.74 bits per heavy atom. The molecule has 8 atom stereocenters. The normalized spacial score (nSPS) is 22.6. The number of phosphoric acid groups is 3. The number of anilines is 1. The van der Waals surface area contributed by atoms with E-state index in [1.54, 1.807) is 0 Å². The SMILES string of the molecule is CC(C)(COP(=O)(O)OP(=O)(O)OCC1OC(n2cnc3c(N)ncnc32)C(O)C1OP(=O)(O)O)C(O)C(=O)NCCC(=O)NCCSC(=O)C(N)CC1=CC(=N)C(=O)C=C1O. The molecule has 0 bridgehead atoms. The van der Waals surface area contributed by atoms with E-state index >= 15 is 0 Å². The van der Waals surface area contributed by atoms with Crippen molar-refractivity contribution >= 4 is 80.6 Å². The molecule has 0 aromatic carbocycles. The standard InChI is InChI=1S/C30H44N9O19P3S/c1-30(2,24(44)27(45)35-4-3-20(42)34-5-6-62-29(46)16(32)8-14-7-15(31)18(41)9-17(14)40)11-55-61(52,53)58-60(50,51)54-10-19-23(57-59(47,48)49)22(43)28(56-19)39-13-38-21-25(33)36-12-37-26(21)39/h7,9,12-13,16,19,22-24,28,31,40,43-44H,3-6,8,10-11,32H2,1-2H3,(H,34,42)(H,35,45)(H,50,51)(H,52,53)(H2,33,36,37)(H2,47,48,49). The molecule has 4 rings (SSSR count). The number of phosphoric ester groups is 3. The van der Waals surface area contributed by atoms with Gasteiger partial charge in [-0.2, -0.15) is 4.31 Å². The fourth-order valence-corrected chi connectivity index (χ4v) is 9.02. The van der Waals surface area contributed by atoms with Crippen LogP contribution in [0.4, 0.5) is 5.82 Å². The first-order chi connectivity index (χ1) is 28.7. The lowest BCUT2D eigenvalue weighted by Gasteiger charge is -2.30. The summed E-state index contributed by atoms with van der Waals surface area (Å²) in [6.07, 6.45) is -5.35. The minimum atomic E-state index is -5.61. The quantitative estimate of drug-likeness (QED) is 0.0357. The van der Waals surface area contributed by atoms with Crippen molar-refractivity contribution in [3.63, 3.8) is 0 Å². The molecule has 0 radical (unpaired) electrons. The van der Waals surface area contributed by atoms with Gasteiger partial charge in [-0.05, 0) is 18.1 Å². The number of hydrogen-bond acceptors (Lipinski definition) is 22. The molecule has 1 fully saturated rings. The highest BCUT2D eigenvalue weighted by atomic mass is 32.2. The molecule has 62 heavy (non-hydrogen) atoms. The number of thioether (sulfide) groups is 1. The number of imidazole rings is 1. The average Bonchev–Trinajstić information content (AvgIpc) is 3.73. The Hall–Kier alpha value is -3.86. The number of carbonyl (C=O) groups is 4. The fourth-order valence-electron chi connectivity index (χ4n) is 5.49. The Morgan fingerprint density at radius 1 is 1.06 bits per heavy atom. The lowest BCUT2D eigenvalue weighted by molar-refractivity contribution is -0.137. The molecule has 14 N–H and O–H groups in total. The average molecular weight is 960 g/mol. The first-order valence-corrected chi connectivity index (χ1v) is 23.3. The number of hydrogen-bond donors (Lipinski definition) is 12. The lowest BCUT2D eigenvalue weighted by atomic mass is 9.87. The summed E-state index contributed by atoms with van der Waals surface area (Å²) in [7, 11) is -16.5. The Balaban J connectivity index is 1.19. The summed E-state index contributed by atoms with van der Waals surface area (Å²) in [5.41, 5.74) is 9.83. The third-order valence-corrected chi connectivity index (χ3v) is 12.8. The maximum Gasteiger partial charge on any atom is 0.481 e. The minimum absolute atomic E-state index is 0.0136. The second kappa shape index (κ2) is 20.8. The second-order valence-electron chi connectivity index (χ2n) is 14.0. The number of nitrogens with zero attached hydrogens (tertiary/aromatic N) is 4. The van der Waals surface area contributed by atoms with Crippen molar-refractivity contribution < 1.29 is 90.4 Å². The minimum Gasteiger partial charge on any atom is -0.508 e. The molecule has 1 saturated heterocycles. The molecule has 2 aliphatic rings. The Morgan fingerprint density at radius 3 is 2.42 bits per heavy atom. The second-order valence-corrected chi connectivity index (χ2v) is 19.4. The molecule has 32 heteroatoms. The highest BCUT2D eigenvalue weighted by Crippen LogP contribution is 2.61. The molecule has 0 spiro atoms. The van der Waals surface area contributed by atoms with Gasteiger partial charge in [-0.3, -0.25) is 42.7 Å². The number of allylic oxidation sites excluding steroid dienone is 3. The van der Waals surface area contributed by atoms with E-state index < -0.39 is 101 Å². The van der Waals surface area contributed by atoms with Crippen molar-refractivity contribution in [1.82, 2.24) is 30.2 Å². The topological polar surface area (TPSA) is 451 Å². The van der Waals surface area contributed by atoms with Gasteiger partial charge in [0, 0.05) is 36.8 Å². The van der Waals surface area contributed by atoms with E-state index in [0.29, 0.717) is 0 Å². The van der Waals surface area contributed by atoms with E-state index in [4.69, 9.17) is 30.7 Å². The van der Waals surface area contributed by atoms with E-state index in [1.807, 2.05) is 0 Å². The number of aromatic nitrogens is 4. The maximum absolute atomic E-state index is 12.7. The van der Waals surface area contributed by atoms with Gasteiger partial charge in [0.2, 0.25) is 22.7 Å². The highest BCUT2D eigenvalue weighted by molar-refractivity contribution is 8.13. The van der Waals surface area contributed by atoms with Crippen LogP contribution in [0.15, 0.2) is 36.1 Å². The van der Waals surface area contributed by atoms with Gasteiger partial charge in [0.05, 0.1) is 25.6 Å². The van der Waals surface area contributed by atoms with E-state index in [1.165, 1.54) is 13.8 Å². The molecule has 2 aromatic rings. The smallest absolute Gasteiger partial charge is 0.481 e. The van der Waals surface area contributed by atoms with Crippen LogP contribution in [0.25, 0.3) is 11.2 Å². The number of rotatable bonds is 22. The molecular weight excluding hydrogens is 915 g/mol. The molecule has 2 aromatic heterocycles. The summed E-state index contributed by atoms with van der Waals surface area (Å²) >= 11 is 0.796. The molecule has 8 unspecified atom stereocenters. The van der Waals surface area contributed by atoms with Gasteiger partial charge in [0.1, 0.15) is 47.7 Å². The van der Waals surface area contributed by atoms with Crippen LogP contribution in [-0.4, -0.2) is 145 Å². The van der Waals surface area contributed by atoms with E-state index in [2.05, 4.69) is 34.4 Å². The van der Waals surface area contributed by atoms with Crippen LogP contribution in [0.1, 0.15) is 32.9 Å². The van der Waals surface area contributed by atoms with Crippen LogP contribution in [-0.2, 0) is 55.5 Å². The summed E-state index contributed by atoms with van der Waals surface area (Å²) in [5, 5.41) is 43.2. The van der Waals surface area contributed by atoms with Crippen molar-refractivity contribution in [3.05, 3.63) is 36.1 Å². The zero-order valence-corrected chi connectivity index (χ0v) is 35.9. The summed E-state index contributed by atoms with van der Waals surface area (Å²) in [4.78, 5) is 99.6. The molecular formula is C30H44N9O19P3S. The zero-order valence-electron chi connectivity index (χ0n) is 32.4. The Bertz CT molecular complexity index is 2250. The zero-order chi connectivity index (χ0) is 46.4. The maximum atomic E-state index is 12.7. The van der Waals surface area contributed by atoms with Crippen LogP contribution < -0.4 is 22.1 Å². The predicted octanol–water partition coefficient (Wildman–Crippen LogP) is -1.65. The van der Waals surface area contributed by atoms with Crippen LogP contribution >= 0.6 is 35.2 Å². The van der Waals surface area contributed by atoms with Crippen molar-refractivity contribution in [3.8, 4) is 0 Å². The van der Waals surface area contributed by atoms with Crippen molar-refractivity contribution in [1.29, 1.82) is 5.41 Å². The number of nitrogens with one attached hydrogen (secondary N) is 3. The molecule has 0 saturated carbocycles. The van der Waals surface area contributed by atoms with Crippen LogP contribution in [0.5, 0.6) is 0 Å². The molecule has 1 aliphatic carbocycles. The Labute approximate surface area is 354 Å². The fraction of sp³-hybridized carbons (Fsp3) is 0.533. The summed E-state index contributed by atoms with van der Waals surface area (Å²) in [5.74, 6) is -2.61. The summed E-state index contributed by atoms with van der Waals surface area (Å²) in [6, 6.07) is -1.07. The highest BCUT2D eigenvalue weighted by Gasteiger charge is 2.50. The number of ether oxygens (including phenoxy) is 1.